The number of nitrogens with one attached hydrogen (secondary N) is 2. The van der Waals surface area contributed by atoms with Gasteiger partial charge >= 0.3 is 0 Å². The number of anilines is 2. The van der Waals surface area contributed by atoms with Crippen LogP contribution < -0.4 is 10.6 Å². The maximum atomic E-state index is 13.1. The smallest absolute Gasteiger partial charge is 0.297 e. The quantitative estimate of drug-likeness (QED) is 0.221. The number of nitrogens with zero attached hydrogens (tertiary/aromatic N) is 2. The second kappa shape index (κ2) is 10.7. The molecule has 0 saturated carbocycles. The van der Waals surface area contributed by atoms with Crippen LogP contribution in [0.1, 0.15) is 40.7 Å². The predicted molar refractivity (Wildman–Crippen MR) is 140 cm³/mol. The molecule has 0 radical (unpaired) electrons. The van der Waals surface area contributed by atoms with E-state index in [0.717, 1.165) is 17.7 Å². The highest BCUT2D eigenvalue weighted by atomic mass is 35.5. The number of aromatic nitrogens is 2. The number of hydrogen-bond acceptors (Lipinski definition) is 7. The van der Waals surface area contributed by atoms with Gasteiger partial charge in [-0.05, 0) is 51.0 Å². The molecule has 1 aromatic heterocycles. The Bertz CT molecular complexity index is 1510. The Hall–Kier alpha value is -3.70. The van der Waals surface area contributed by atoms with Crippen LogP contribution in [-0.4, -0.2) is 46.2 Å². The van der Waals surface area contributed by atoms with Crippen LogP contribution in [-0.2, 0) is 26.5 Å². The minimum absolute atomic E-state index is 0.00482. The maximum Gasteiger partial charge on any atom is 0.297 e. The van der Waals surface area contributed by atoms with Crippen LogP contribution in [0.4, 0.5) is 11.4 Å². The predicted octanol–water partition coefficient (Wildman–Crippen LogP) is 3.72. The van der Waals surface area contributed by atoms with Crippen LogP contribution in [0.5, 0.6) is 5.75 Å². The van der Waals surface area contributed by atoms with Gasteiger partial charge in [-0.25, -0.2) is 8.42 Å². The summed E-state index contributed by atoms with van der Waals surface area (Å²) in [5.41, 5.74) is 1.53. The van der Waals surface area contributed by atoms with Gasteiger partial charge in [0.15, 0.2) is 9.84 Å². The Balaban J connectivity index is 1.81. The Morgan fingerprint density at radius 1 is 1.08 bits per heavy atom. The van der Waals surface area contributed by atoms with Crippen LogP contribution >= 0.6 is 11.6 Å². The lowest BCUT2D eigenvalue weighted by Gasteiger charge is -2.18. The molecule has 1 unspecified atom stereocenters. The molecule has 3 aromatic rings. The summed E-state index contributed by atoms with van der Waals surface area (Å²) in [4.78, 5) is 38.2. The first kappa shape index (κ1) is 27.9. The molecular formula is C25H27ClN4O6S. The number of aromatic hydroxyl groups is 1. The van der Waals surface area contributed by atoms with Crippen LogP contribution in [0.15, 0.2) is 41.3 Å². The van der Waals surface area contributed by atoms with Crippen molar-refractivity contribution in [3.63, 3.8) is 0 Å². The summed E-state index contributed by atoms with van der Waals surface area (Å²) >= 11 is 6.25. The van der Waals surface area contributed by atoms with E-state index in [1.54, 1.807) is 46.9 Å². The fraction of sp³-hybridized carbons (Fsp3) is 0.280. The van der Waals surface area contributed by atoms with Crippen molar-refractivity contribution in [2.75, 3.05) is 10.6 Å². The molecule has 2 amide bonds. The molecular weight excluding hydrogens is 520 g/mol. The Labute approximate surface area is 219 Å². The zero-order chi connectivity index (χ0) is 27.7. The number of carbonyl (C=O) groups is 3. The second-order valence-corrected chi connectivity index (χ2v) is 11.1. The van der Waals surface area contributed by atoms with E-state index in [2.05, 4.69) is 15.7 Å². The summed E-state index contributed by atoms with van der Waals surface area (Å²) in [6, 6.07) is 8.46. The van der Waals surface area contributed by atoms with Crippen LogP contribution in [0.3, 0.4) is 0 Å². The molecule has 0 spiro atoms. The average Bonchev–Trinajstić information content (AvgIpc) is 3.07. The standard InChI is InChI=1S/C25H27ClN4O6S/c1-6-21(37(35,36)16-9-7-8-13(2)10-16)24(33)27-18-12-20(31)19(11-17(18)26)28-25(34)23(32)22-14(3)29-30(5)15(22)4/h7-12,21,31H,6H2,1-5H3,(H,27,33)(H,28,34). The van der Waals surface area contributed by atoms with E-state index in [9.17, 15) is 27.9 Å². The largest absolute Gasteiger partial charge is 0.506 e. The van der Waals surface area contributed by atoms with E-state index in [-0.39, 0.29) is 33.3 Å². The molecule has 196 valence electrons. The van der Waals surface area contributed by atoms with Crippen LogP contribution in [0.2, 0.25) is 5.02 Å². The highest BCUT2D eigenvalue weighted by Crippen LogP contribution is 2.34. The third kappa shape index (κ3) is 5.67. The third-order valence-corrected chi connectivity index (χ3v) is 8.41. The summed E-state index contributed by atoms with van der Waals surface area (Å²) in [6.45, 7) is 6.56. The van der Waals surface area contributed by atoms with Crippen molar-refractivity contribution in [2.45, 2.75) is 44.3 Å². The molecule has 10 nitrogen and oxygen atoms in total. The molecule has 0 aliphatic carbocycles. The zero-order valence-corrected chi connectivity index (χ0v) is 22.5. The molecule has 1 atom stereocenters. The van der Waals surface area contributed by atoms with E-state index in [1.807, 2.05) is 0 Å². The minimum Gasteiger partial charge on any atom is -0.506 e. The van der Waals surface area contributed by atoms with Gasteiger partial charge in [0, 0.05) is 18.8 Å². The number of hydrogen-bond donors (Lipinski definition) is 3. The van der Waals surface area contributed by atoms with Crippen molar-refractivity contribution in [2.24, 2.45) is 7.05 Å². The molecule has 0 aliphatic heterocycles. The van der Waals surface area contributed by atoms with E-state index in [1.165, 1.54) is 16.8 Å². The number of halogens is 1. The highest BCUT2D eigenvalue weighted by Gasteiger charge is 2.33. The SMILES string of the molecule is CCC(C(=O)Nc1cc(O)c(NC(=O)C(=O)c2c(C)nn(C)c2C)cc1Cl)S(=O)(=O)c1cccc(C)c1. The van der Waals surface area contributed by atoms with E-state index in [0.29, 0.717) is 11.4 Å². The summed E-state index contributed by atoms with van der Waals surface area (Å²) < 4.78 is 27.6. The fourth-order valence-corrected chi connectivity index (χ4v) is 5.81. The van der Waals surface area contributed by atoms with Crippen LogP contribution in [0, 0.1) is 20.8 Å². The molecule has 3 N–H and O–H groups in total. The minimum atomic E-state index is -4.00. The number of carbonyl (C=O) groups excluding carboxylic acids is 3. The molecule has 12 heteroatoms. The van der Waals surface area contributed by atoms with Gasteiger partial charge in [0.05, 0.1) is 32.6 Å². The van der Waals surface area contributed by atoms with Gasteiger partial charge in [0.25, 0.3) is 11.7 Å². The third-order valence-electron chi connectivity index (χ3n) is 5.89. The first-order valence-corrected chi connectivity index (χ1v) is 13.2. The number of phenolic OH excluding ortho intramolecular Hbond substituents is 1. The topological polar surface area (TPSA) is 147 Å². The molecule has 0 bridgehead atoms. The van der Waals surface area contributed by atoms with E-state index >= 15 is 0 Å². The van der Waals surface area contributed by atoms with Gasteiger partial charge in [-0.3, -0.25) is 19.1 Å². The summed E-state index contributed by atoms with van der Waals surface area (Å²) in [6.07, 6.45) is -0.00482. The number of benzene rings is 2. The summed E-state index contributed by atoms with van der Waals surface area (Å²) in [5, 5.41) is 17.8. The Morgan fingerprint density at radius 3 is 2.32 bits per heavy atom. The number of Topliss-reactive ketones (excluding diaryl/α,β-unsaturated/α-hetero) is 1. The van der Waals surface area contributed by atoms with E-state index in [4.69, 9.17) is 11.6 Å². The van der Waals surface area contributed by atoms with Crippen molar-refractivity contribution in [1.82, 2.24) is 9.78 Å². The van der Waals surface area contributed by atoms with Crippen molar-refractivity contribution >= 4 is 50.4 Å². The second-order valence-electron chi connectivity index (χ2n) is 8.55. The van der Waals surface area contributed by atoms with Gasteiger partial charge < -0.3 is 15.7 Å². The number of ketones is 1. The van der Waals surface area contributed by atoms with Gasteiger partial charge in [-0.15, -0.1) is 0 Å². The van der Waals surface area contributed by atoms with Crippen molar-refractivity contribution < 1.29 is 27.9 Å². The maximum absolute atomic E-state index is 13.1. The number of amides is 2. The molecule has 1 heterocycles. The molecule has 0 saturated heterocycles. The lowest BCUT2D eigenvalue weighted by molar-refractivity contribution is -0.116. The number of phenols is 1. The molecule has 37 heavy (non-hydrogen) atoms. The van der Waals surface area contributed by atoms with Crippen molar-refractivity contribution in [3.8, 4) is 5.75 Å². The fourth-order valence-electron chi connectivity index (χ4n) is 3.87. The monoisotopic (exact) mass is 546 g/mol. The number of sulfone groups is 1. The van der Waals surface area contributed by atoms with Gasteiger partial charge in [-0.1, -0.05) is 30.7 Å². The molecule has 0 aliphatic rings. The number of rotatable bonds is 8. The van der Waals surface area contributed by atoms with Crippen molar-refractivity contribution in [3.05, 3.63) is 63.9 Å². The summed E-state index contributed by atoms with van der Waals surface area (Å²) in [7, 11) is -2.36. The molecule has 0 fully saturated rings. The Morgan fingerprint density at radius 2 is 1.76 bits per heavy atom. The van der Waals surface area contributed by atoms with E-state index < -0.39 is 38.4 Å². The summed E-state index contributed by atoms with van der Waals surface area (Å²) in [5.74, 6) is -3.18. The van der Waals surface area contributed by atoms with Gasteiger partial charge in [-0.2, -0.15) is 5.10 Å². The zero-order valence-electron chi connectivity index (χ0n) is 20.9. The first-order valence-electron chi connectivity index (χ1n) is 11.3. The average molecular weight is 547 g/mol. The number of aryl methyl sites for hydroxylation is 3. The normalized spacial score (nSPS) is 12.2. The van der Waals surface area contributed by atoms with Crippen molar-refractivity contribution in [1.29, 1.82) is 0 Å². The van der Waals surface area contributed by atoms with Crippen LogP contribution in [0.25, 0.3) is 0 Å². The highest BCUT2D eigenvalue weighted by molar-refractivity contribution is 7.92. The molecule has 3 rings (SSSR count). The van der Waals surface area contributed by atoms with Gasteiger partial charge in [0.2, 0.25) is 5.91 Å². The Kier molecular flexibility index (Phi) is 8.09. The molecule has 2 aromatic carbocycles. The lowest BCUT2D eigenvalue weighted by atomic mass is 10.1. The lowest BCUT2D eigenvalue weighted by Crippen LogP contribution is -2.34. The van der Waals surface area contributed by atoms with Gasteiger partial charge in [0.1, 0.15) is 11.0 Å². The first-order chi connectivity index (χ1) is 17.3.